The molecule has 1 N–H and O–H groups in total. The van der Waals surface area contributed by atoms with Gasteiger partial charge >= 0.3 is 0 Å². The van der Waals surface area contributed by atoms with Gasteiger partial charge in [-0.15, -0.1) is 11.3 Å². The van der Waals surface area contributed by atoms with E-state index in [0.29, 0.717) is 0 Å². The van der Waals surface area contributed by atoms with Crippen molar-refractivity contribution in [3.05, 3.63) is 21.3 Å². The molecule has 2 heterocycles. The van der Waals surface area contributed by atoms with E-state index in [1.165, 1.54) is 32.1 Å². The summed E-state index contributed by atoms with van der Waals surface area (Å²) in [6.07, 6.45) is 6.36. The van der Waals surface area contributed by atoms with E-state index in [9.17, 15) is 4.79 Å². The average molecular weight is 296 g/mol. The van der Waals surface area contributed by atoms with Gasteiger partial charge in [-0.3, -0.25) is 4.79 Å². The number of unbranched alkanes of at least 4 members (excludes halogenated alkanes) is 4. The maximum Gasteiger partial charge on any atom is 0.260 e. The Morgan fingerprint density at radius 2 is 2.11 bits per heavy atom. The van der Waals surface area contributed by atoms with Crippen LogP contribution in [0.2, 0.25) is 0 Å². The van der Waals surface area contributed by atoms with Crippen LogP contribution in [0.5, 0.6) is 0 Å². The summed E-state index contributed by atoms with van der Waals surface area (Å²) in [5, 5.41) is 1.48. The molecule has 0 aliphatic rings. The molecule has 19 heavy (non-hydrogen) atoms. The number of hydrogen-bond donors (Lipinski definition) is 1. The van der Waals surface area contributed by atoms with Gasteiger partial charge in [0.15, 0.2) is 5.16 Å². The summed E-state index contributed by atoms with van der Waals surface area (Å²) in [5.41, 5.74) is -0.0113. The topological polar surface area (TPSA) is 45.8 Å². The number of hydrogen-bond acceptors (Lipinski definition) is 4. The fourth-order valence-electron chi connectivity index (χ4n) is 1.98. The lowest BCUT2D eigenvalue weighted by Gasteiger charge is -2.01. The van der Waals surface area contributed by atoms with Crippen LogP contribution in [0.15, 0.2) is 16.0 Å². The van der Waals surface area contributed by atoms with Gasteiger partial charge in [0, 0.05) is 10.6 Å². The Hall–Kier alpha value is -0.810. The molecule has 0 saturated carbocycles. The Labute approximate surface area is 121 Å². The number of fused-ring (bicyclic) bond motifs is 1. The zero-order valence-electron chi connectivity index (χ0n) is 11.5. The molecule has 0 atom stereocenters. The first-order chi connectivity index (χ1) is 9.20. The molecule has 0 fully saturated rings. The number of rotatable bonds is 7. The summed E-state index contributed by atoms with van der Waals surface area (Å²) >= 11 is 3.24. The van der Waals surface area contributed by atoms with Gasteiger partial charge in [-0.05, 0) is 19.4 Å². The van der Waals surface area contributed by atoms with Gasteiger partial charge in [0.1, 0.15) is 4.83 Å². The molecule has 5 heteroatoms. The van der Waals surface area contributed by atoms with Crippen LogP contribution in [0, 0.1) is 6.92 Å². The Bertz CT molecular complexity index is 589. The highest BCUT2D eigenvalue weighted by Crippen LogP contribution is 2.23. The number of nitrogens with one attached hydrogen (secondary N) is 1. The van der Waals surface area contributed by atoms with E-state index >= 15 is 0 Å². The third-order valence-electron chi connectivity index (χ3n) is 2.99. The second-order valence-electron chi connectivity index (χ2n) is 4.71. The fourth-order valence-corrected chi connectivity index (χ4v) is 3.78. The van der Waals surface area contributed by atoms with Crippen molar-refractivity contribution in [2.24, 2.45) is 0 Å². The highest BCUT2D eigenvalue weighted by Gasteiger charge is 2.07. The molecule has 0 spiro atoms. The SMILES string of the molecule is CCCCCCCSc1nc2sc(C)cc2c(=O)[nH]1. The molecule has 2 aromatic rings. The number of aromatic amines is 1. The lowest BCUT2D eigenvalue weighted by Crippen LogP contribution is -2.07. The summed E-state index contributed by atoms with van der Waals surface area (Å²) in [6, 6.07) is 1.91. The zero-order valence-corrected chi connectivity index (χ0v) is 13.1. The second-order valence-corrected chi connectivity index (χ2v) is 7.03. The molecular weight excluding hydrogens is 276 g/mol. The van der Waals surface area contributed by atoms with Gasteiger partial charge in [0.05, 0.1) is 5.39 Å². The minimum atomic E-state index is -0.0113. The van der Waals surface area contributed by atoms with Crippen molar-refractivity contribution < 1.29 is 0 Å². The molecule has 3 nitrogen and oxygen atoms in total. The smallest absolute Gasteiger partial charge is 0.260 e. The molecule has 0 bridgehead atoms. The molecule has 0 radical (unpaired) electrons. The van der Waals surface area contributed by atoms with E-state index in [-0.39, 0.29) is 5.56 Å². The summed E-state index contributed by atoms with van der Waals surface area (Å²) < 4.78 is 0. The van der Waals surface area contributed by atoms with E-state index in [1.54, 1.807) is 23.1 Å². The first-order valence-electron chi connectivity index (χ1n) is 6.84. The average Bonchev–Trinajstić information content (AvgIpc) is 2.75. The van der Waals surface area contributed by atoms with Gasteiger partial charge in [0.25, 0.3) is 5.56 Å². The number of nitrogens with zero attached hydrogens (tertiary/aromatic N) is 1. The maximum atomic E-state index is 11.9. The van der Waals surface area contributed by atoms with Crippen LogP contribution in [0.3, 0.4) is 0 Å². The number of thioether (sulfide) groups is 1. The molecule has 0 aliphatic carbocycles. The Morgan fingerprint density at radius 3 is 2.89 bits per heavy atom. The largest absolute Gasteiger partial charge is 0.301 e. The minimum Gasteiger partial charge on any atom is -0.301 e. The molecule has 2 rings (SSSR count). The van der Waals surface area contributed by atoms with Crippen molar-refractivity contribution in [3.63, 3.8) is 0 Å². The van der Waals surface area contributed by atoms with Crippen molar-refractivity contribution in [2.75, 3.05) is 5.75 Å². The third kappa shape index (κ3) is 4.08. The molecule has 0 aromatic carbocycles. The maximum absolute atomic E-state index is 11.9. The number of thiophene rings is 1. The Kier molecular flexibility index (Phi) is 5.45. The molecule has 2 aromatic heterocycles. The molecule has 0 aliphatic heterocycles. The monoisotopic (exact) mass is 296 g/mol. The van der Waals surface area contributed by atoms with Crippen LogP contribution >= 0.6 is 23.1 Å². The number of aryl methyl sites for hydroxylation is 1. The first kappa shape index (κ1) is 14.6. The Morgan fingerprint density at radius 1 is 1.32 bits per heavy atom. The van der Waals surface area contributed by atoms with Gasteiger partial charge in [-0.25, -0.2) is 4.98 Å². The van der Waals surface area contributed by atoms with Crippen LogP contribution in [-0.4, -0.2) is 15.7 Å². The van der Waals surface area contributed by atoms with Crippen LogP contribution < -0.4 is 5.56 Å². The minimum absolute atomic E-state index is 0.0113. The van der Waals surface area contributed by atoms with E-state index < -0.39 is 0 Å². The number of H-pyrrole nitrogens is 1. The van der Waals surface area contributed by atoms with E-state index in [4.69, 9.17) is 0 Å². The quantitative estimate of drug-likeness (QED) is 0.469. The lowest BCUT2D eigenvalue weighted by atomic mass is 10.2. The first-order valence-corrected chi connectivity index (χ1v) is 8.64. The zero-order chi connectivity index (χ0) is 13.7. The van der Waals surface area contributed by atoms with Gasteiger partial charge in [0.2, 0.25) is 0 Å². The van der Waals surface area contributed by atoms with Gasteiger partial charge < -0.3 is 4.98 Å². The summed E-state index contributed by atoms with van der Waals surface area (Å²) in [5.74, 6) is 1.03. The van der Waals surface area contributed by atoms with E-state index in [1.807, 2.05) is 13.0 Å². The molecule has 0 unspecified atom stereocenters. The van der Waals surface area contributed by atoms with E-state index in [2.05, 4.69) is 16.9 Å². The highest BCUT2D eigenvalue weighted by atomic mass is 32.2. The van der Waals surface area contributed by atoms with Gasteiger partial charge in [-0.1, -0.05) is 44.4 Å². The predicted molar refractivity (Wildman–Crippen MR) is 84.5 cm³/mol. The fraction of sp³-hybridized carbons (Fsp3) is 0.571. The molecule has 0 saturated heterocycles. The van der Waals surface area contributed by atoms with Crippen LogP contribution in [0.1, 0.15) is 43.9 Å². The van der Waals surface area contributed by atoms with Crippen molar-refractivity contribution in [1.29, 1.82) is 0 Å². The standard InChI is InChI=1S/C14H20N2OS2/c1-3-4-5-6-7-8-18-14-15-12(17)11-9-10(2)19-13(11)16-14/h9H,3-8H2,1-2H3,(H,15,16,17). The van der Waals surface area contributed by atoms with Crippen molar-refractivity contribution >= 4 is 33.3 Å². The Balaban J connectivity index is 1.92. The van der Waals surface area contributed by atoms with Crippen molar-refractivity contribution in [1.82, 2.24) is 9.97 Å². The lowest BCUT2D eigenvalue weighted by molar-refractivity contribution is 0.659. The van der Waals surface area contributed by atoms with Crippen LogP contribution in [0.25, 0.3) is 10.2 Å². The molecule has 0 amide bonds. The molecular formula is C14H20N2OS2. The normalized spacial score (nSPS) is 11.3. The summed E-state index contributed by atoms with van der Waals surface area (Å²) in [6.45, 7) is 4.23. The number of aromatic nitrogens is 2. The summed E-state index contributed by atoms with van der Waals surface area (Å²) in [4.78, 5) is 21.3. The van der Waals surface area contributed by atoms with Crippen LogP contribution in [0.4, 0.5) is 0 Å². The van der Waals surface area contributed by atoms with Crippen molar-refractivity contribution in [3.8, 4) is 0 Å². The molecule has 104 valence electrons. The second kappa shape index (κ2) is 7.10. The predicted octanol–water partition coefficient (Wildman–Crippen LogP) is 4.36. The van der Waals surface area contributed by atoms with Crippen molar-refractivity contribution in [2.45, 2.75) is 51.1 Å². The summed E-state index contributed by atoms with van der Waals surface area (Å²) in [7, 11) is 0. The highest BCUT2D eigenvalue weighted by molar-refractivity contribution is 7.99. The third-order valence-corrected chi connectivity index (χ3v) is 4.89. The van der Waals surface area contributed by atoms with E-state index in [0.717, 1.165) is 26.0 Å². The van der Waals surface area contributed by atoms with Crippen LogP contribution in [-0.2, 0) is 0 Å². The van der Waals surface area contributed by atoms with Gasteiger partial charge in [-0.2, -0.15) is 0 Å².